The third-order valence-electron chi connectivity index (χ3n) is 2.75. The van der Waals surface area contributed by atoms with Gasteiger partial charge in [0.2, 0.25) is 5.90 Å². The highest BCUT2D eigenvalue weighted by Crippen LogP contribution is 2.29. The molecule has 0 aliphatic rings. The first-order chi connectivity index (χ1) is 11.9. The van der Waals surface area contributed by atoms with Crippen molar-refractivity contribution in [2.24, 2.45) is 5.10 Å². The topological polar surface area (TPSA) is 112 Å². The van der Waals surface area contributed by atoms with E-state index in [1.54, 1.807) is 13.8 Å². The van der Waals surface area contributed by atoms with Crippen LogP contribution in [0.2, 0.25) is 0 Å². The Labute approximate surface area is 146 Å². The van der Waals surface area contributed by atoms with Gasteiger partial charge in [-0.05, 0) is 33.8 Å². The largest absolute Gasteiger partial charge is 0.491 e. The van der Waals surface area contributed by atoms with Crippen LogP contribution >= 0.6 is 0 Å². The molecule has 9 heteroatoms. The Kier molecular flexibility index (Phi) is 8.17. The highest BCUT2D eigenvalue weighted by molar-refractivity contribution is 5.94. The predicted molar refractivity (Wildman–Crippen MR) is 92.8 cm³/mol. The van der Waals surface area contributed by atoms with Gasteiger partial charge in [-0.25, -0.2) is 0 Å². The van der Waals surface area contributed by atoms with Crippen molar-refractivity contribution in [2.45, 2.75) is 40.2 Å². The minimum absolute atomic E-state index is 0.0745. The molecule has 0 unspecified atom stereocenters. The molecule has 1 aromatic rings. The van der Waals surface area contributed by atoms with Crippen molar-refractivity contribution >= 4 is 23.2 Å². The molecule has 0 radical (unpaired) electrons. The van der Waals surface area contributed by atoms with Gasteiger partial charge >= 0.3 is 5.97 Å². The molecule has 1 N–H and O–H groups in total. The highest BCUT2D eigenvalue weighted by atomic mass is 16.6. The Balaban J connectivity index is 3.02. The molecule has 0 aliphatic heterocycles. The van der Waals surface area contributed by atoms with Gasteiger partial charge in [-0.1, -0.05) is 0 Å². The zero-order chi connectivity index (χ0) is 18.8. The number of nitrogens with one attached hydrogen (secondary N) is 1. The Morgan fingerprint density at radius 2 is 1.96 bits per heavy atom. The maximum absolute atomic E-state index is 11.6. The zero-order valence-corrected chi connectivity index (χ0v) is 14.8. The average Bonchev–Trinajstić information content (AvgIpc) is 2.52. The summed E-state index contributed by atoms with van der Waals surface area (Å²) < 4.78 is 15.6. The van der Waals surface area contributed by atoms with Crippen LogP contribution in [0.4, 0.5) is 11.4 Å². The lowest BCUT2D eigenvalue weighted by atomic mass is 10.2. The van der Waals surface area contributed by atoms with Gasteiger partial charge in [0.25, 0.3) is 5.69 Å². The number of esters is 1. The van der Waals surface area contributed by atoms with Crippen LogP contribution in [0.5, 0.6) is 5.75 Å². The van der Waals surface area contributed by atoms with E-state index >= 15 is 0 Å². The number of benzene rings is 1. The first-order valence-electron chi connectivity index (χ1n) is 7.93. The number of anilines is 1. The summed E-state index contributed by atoms with van der Waals surface area (Å²) in [4.78, 5) is 22.2. The van der Waals surface area contributed by atoms with Crippen molar-refractivity contribution < 1.29 is 23.9 Å². The molecule has 9 nitrogen and oxygen atoms in total. The standard InChI is InChI=1S/C16H23N3O6/c1-5-23-15(10-16(20)24-6-2)18-17-13-9-12(25-11(3)4)7-8-14(13)19(21)22/h7-9,11,17H,5-6,10H2,1-4H3/b18-15-. The summed E-state index contributed by atoms with van der Waals surface area (Å²) in [5, 5.41) is 15.1. The molecule has 25 heavy (non-hydrogen) atoms. The summed E-state index contributed by atoms with van der Waals surface area (Å²) in [6, 6.07) is 4.30. The molecule has 0 saturated heterocycles. The molecular formula is C16H23N3O6. The first-order valence-corrected chi connectivity index (χ1v) is 7.93. The normalized spacial score (nSPS) is 11.2. The van der Waals surface area contributed by atoms with Crippen molar-refractivity contribution in [2.75, 3.05) is 18.6 Å². The second-order valence-corrected chi connectivity index (χ2v) is 5.13. The molecule has 0 fully saturated rings. The minimum atomic E-state index is -0.539. The van der Waals surface area contributed by atoms with Gasteiger partial charge < -0.3 is 14.2 Å². The van der Waals surface area contributed by atoms with Crippen molar-refractivity contribution in [1.29, 1.82) is 0 Å². The smallest absolute Gasteiger partial charge is 0.315 e. The van der Waals surface area contributed by atoms with Gasteiger partial charge in [0.15, 0.2) is 0 Å². The Morgan fingerprint density at radius 1 is 1.28 bits per heavy atom. The van der Waals surface area contributed by atoms with Gasteiger partial charge in [-0.2, -0.15) is 0 Å². The number of hydrazone groups is 1. The van der Waals surface area contributed by atoms with E-state index in [-0.39, 0.29) is 36.4 Å². The van der Waals surface area contributed by atoms with Crippen LogP contribution in [0.1, 0.15) is 34.1 Å². The fourth-order valence-electron chi connectivity index (χ4n) is 1.86. The van der Waals surface area contributed by atoms with Crippen LogP contribution in [-0.2, 0) is 14.3 Å². The van der Waals surface area contributed by atoms with Crippen molar-refractivity contribution in [1.82, 2.24) is 0 Å². The molecule has 0 amide bonds. The second-order valence-electron chi connectivity index (χ2n) is 5.13. The number of rotatable bonds is 9. The Hall–Kier alpha value is -2.84. The van der Waals surface area contributed by atoms with E-state index in [1.165, 1.54) is 18.2 Å². The maximum Gasteiger partial charge on any atom is 0.315 e. The first kappa shape index (κ1) is 20.2. The lowest BCUT2D eigenvalue weighted by Crippen LogP contribution is -2.15. The number of nitrogens with zero attached hydrogens (tertiary/aromatic N) is 2. The molecule has 0 aliphatic carbocycles. The molecule has 0 atom stereocenters. The van der Waals surface area contributed by atoms with E-state index in [2.05, 4.69) is 10.5 Å². The summed E-state index contributed by atoms with van der Waals surface area (Å²) in [6.07, 6.45) is -0.259. The monoisotopic (exact) mass is 353 g/mol. The molecule has 0 aromatic heterocycles. The summed E-state index contributed by atoms with van der Waals surface area (Å²) in [6.45, 7) is 7.65. The number of nitro benzene ring substituents is 1. The summed E-state index contributed by atoms with van der Waals surface area (Å²) in [5.41, 5.74) is 2.53. The molecule has 138 valence electrons. The van der Waals surface area contributed by atoms with Gasteiger partial charge in [-0.3, -0.25) is 20.3 Å². The van der Waals surface area contributed by atoms with Crippen LogP contribution in [-0.4, -0.2) is 36.1 Å². The number of hydrogen-bond donors (Lipinski definition) is 1. The van der Waals surface area contributed by atoms with E-state index in [1.807, 2.05) is 13.8 Å². The molecule has 1 aromatic carbocycles. The zero-order valence-electron chi connectivity index (χ0n) is 14.8. The van der Waals surface area contributed by atoms with Crippen molar-refractivity contribution in [3.8, 4) is 5.75 Å². The predicted octanol–water partition coefficient (Wildman–Crippen LogP) is 3.10. The molecule has 0 spiro atoms. The average molecular weight is 353 g/mol. The number of carbonyl (C=O) groups is 1. The third-order valence-corrected chi connectivity index (χ3v) is 2.75. The van der Waals surface area contributed by atoms with Gasteiger partial charge in [0.1, 0.15) is 17.9 Å². The number of carbonyl (C=O) groups excluding carboxylic acids is 1. The second kappa shape index (κ2) is 10.1. The van der Waals surface area contributed by atoms with Gasteiger partial charge in [-0.15, -0.1) is 5.10 Å². The van der Waals surface area contributed by atoms with Gasteiger partial charge in [0.05, 0.1) is 24.2 Å². The fraction of sp³-hybridized carbons (Fsp3) is 0.500. The number of nitro groups is 1. The third kappa shape index (κ3) is 7.06. The maximum atomic E-state index is 11.6. The highest BCUT2D eigenvalue weighted by Gasteiger charge is 2.16. The summed E-state index contributed by atoms with van der Waals surface area (Å²) >= 11 is 0. The van der Waals surface area contributed by atoms with E-state index in [9.17, 15) is 14.9 Å². The summed E-state index contributed by atoms with van der Waals surface area (Å²) in [7, 11) is 0. The van der Waals surface area contributed by atoms with Crippen LogP contribution < -0.4 is 10.2 Å². The lowest BCUT2D eigenvalue weighted by molar-refractivity contribution is -0.384. The minimum Gasteiger partial charge on any atom is -0.491 e. The SMILES string of the molecule is CCOC(=O)C/C(=N/Nc1cc(OC(C)C)ccc1[N+](=O)[O-])OCC. The Bertz CT molecular complexity index is 630. The summed E-state index contributed by atoms with van der Waals surface area (Å²) in [5.74, 6) is 0.0370. The van der Waals surface area contributed by atoms with E-state index in [4.69, 9.17) is 14.2 Å². The van der Waals surface area contributed by atoms with Gasteiger partial charge in [0, 0.05) is 12.1 Å². The lowest BCUT2D eigenvalue weighted by Gasteiger charge is -2.12. The molecule has 0 heterocycles. The van der Waals surface area contributed by atoms with Crippen LogP contribution in [0, 0.1) is 10.1 Å². The van der Waals surface area contributed by atoms with Crippen molar-refractivity contribution in [3.63, 3.8) is 0 Å². The van der Waals surface area contributed by atoms with Crippen LogP contribution in [0.3, 0.4) is 0 Å². The Morgan fingerprint density at radius 3 is 2.52 bits per heavy atom. The fourth-order valence-corrected chi connectivity index (χ4v) is 1.86. The van der Waals surface area contributed by atoms with E-state index in [0.717, 1.165) is 0 Å². The molecule has 0 saturated carbocycles. The number of ether oxygens (including phenoxy) is 3. The van der Waals surface area contributed by atoms with Crippen LogP contribution in [0.25, 0.3) is 0 Å². The van der Waals surface area contributed by atoms with E-state index < -0.39 is 10.9 Å². The van der Waals surface area contributed by atoms with Crippen LogP contribution in [0.15, 0.2) is 23.3 Å². The molecule has 1 rings (SSSR count). The number of hydrogen-bond acceptors (Lipinski definition) is 8. The molecular weight excluding hydrogens is 330 g/mol. The van der Waals surface area contributed by atoms with E-state index in [0.29, 0.717) is 12.4 Å². The molecule has 0 bridgehead atoms. The quantitative estimate of drug-likeness (QED) is 0.239. The van der Waals surface area contributed by atoms with Crippen molar-refractivity contribution in [3.05, 3.63) is 28.3 Å².